The molecule has 0 aliphatic heterocycles. The van der Waals surface area contributed by atoms with E-state index in [4.69, 9.17) is 0 Å². The molecule has 1 heteroatoms. The lowest BCUT2D eigenvalue weighted by Gasteiger charge is -2.12. The van der Waals surface area contributed by atoms with Crippen LogP contribution in [-0.2, 0) is 0 Å². The fourth-order valence-corrected chi connectivity index (χ4v) is 4.08. The third-order valence-corrected chi connectivity index (χ3v) is 5.82. The Hall–Kier alpha value is 0.532. The monoisotopic (exact) mass is 310 g/mol. The molecule has 0 atom stereocenters. The average Bonchev–Trinajstić information content (AvgIpc) is 2.48. The van der Waals surface area contributed by atoms with Gasteiger partial charge in [0, 0.05) is 2.85 Å². The van der Waals surface area contributed by atoms with E-state index in [9.17, 15) is 0 Å². The van der Waals surface area contributed by atoms with Crippen LogP contribution in [0.2, 0.25) is 4.78 Å². The molecule has 0 saturated heterocycles. The van der Waals surface area contributed by atoms with Gasteiger partial charge in [-0.1, -0.05) is 122 Å². The second-order valence-corrected chi connectivity index (χ2v) is 8.29. The third kappa shape index (κ3) is 13.9. The van der Waals surface area contributed by atoms with E-state index in [0.717, 1.165) is 4.78 Å². The summed E-state index contributed by atoms with van der Waals surface area (Å²) in [5, 5.41) is 0. The summed E-state index contributed by atoms with van der Waals surface area (Å²) in [6.07, 6.45) is 28.2. The van der Waals surface area contributed by atoms with Gasteiger partial charge >= 0.3 is 0 Å². The Bertz CT molecular complexity index is 192. The Morgan fingerprint density at radius 2 is 0.571 bits per heavy atom. The van der Waals surface area contributed by atoms with Crippen LogP contribution in [0.15, 0.2) is 0 Å². The van der Waals surface area contributed by atoms with Crippen LogP contribution in [0.1, 0.15) is 125 Å². The van der Waals surface area contributed by atoms with E-state index >= 15 is 0 Å². The molecule has 0 amide bonds. The highest BCUT2D eigenvalue weighted by molar-refractivity contribution is 6.11. The first-order valence-corrected chi connectivity index (χ1v) is 10.8. The van der Waals surface area contributed by atoms with Gasteiger partial charge in [0.2, 0.25) is 0 Å². The van der Waals surface area contributed by atoms with Gasteiger partial charge in [0.15, 0.2) is 0 Å². The third-order valence-electron chi connectivity index (χ3n) is 5.15. The van der Waals surface area contributed by atoms with Crippen LogP contribution in [0, 0.1) is 0 Å². The van der Waals surface area contributed by atoms with Crippen molar-refractivity contribution < 1.29 is 2.85 Å². The molecular weight excluding hydrogens is 267 g/mol. The zero-order chi connectivity index (χ0) is 15.0. The molecule has 0 aromatic carbocycles. The fraction of sp³-hybridized carbons (Fsp3) is 1.00. The Kier molecular flexibility index (Phi) is 14.4. The Labute approximate surface area is 146 Å². The molecule has 1 rings (SSSR count). The fourth-order valence-electron chi connectivity index (χ4n) is 3.61. The minimum atomic E-state index is 0. The predicted molar refractivity (Wildman–Crippen MR) is 101 cm³/mol. The van der Waals surface area contributed by atoms with Crippen molar-refractivity contribution in [1.29, 1.82) is 0 Å². The molecular formula is C20H43Al. The normalized spacial score (nSPS) is 24.4. The van der Waals surface area contributed by atoms with Gasteiger partial charge in [0.05, 0.1) is 0 Å². The average molecular weight is 311 g/mol. The van der Waals surface area contributed by atoms with Gasteiger partial charge in [-0.05, 0) is 0 Å². The van der Waals surface area contributed by atoms with Crippen molar-refractivity contribution in [2.24, 2.45) is 0 Å². The second-order valence-electron chi connectivity index (χ2n) is 7.35. The summed E-state index contributed by atoms with van der Waals surface area (Å²) in [7, 11) is 0. The van der Waals surface area contributed by atoms with E-state index in [1.54, 1.807) is 0 Å². The van der Waals surface area contributed by atoms with Crippen molar-refractivity contribution in [3.05, 3.63) is 0 Å². The van der Waals surface area contributed by atoms with Crippen LogP contribution in [0.4, 0.5) is 0 Å². The van der Waals surface area contributed by atoms with E-state index in [1.165, 1.54) is 122 Å². The maximum absolute atomic E-state index is 3.10. The molecule has 126 valence electrons. The summed E-state index contributed by atoms with van der Waals surface area (Å²) in [5.74, 6) is 0. The zero-order valence-corrected chi connectivity index (χ0v) is 15.7. The highest BCUT2D eigenvalue weighted by Gasteiger charge is 2.02. The van der Waals surface area contributed by atoms with E-state index in [-0.39, 0.29) is 2.85 Å². The van der Waals surface area contributed by atoms with Crippen LogP contribution in [0.25, 0.3) is 0 Å². The molecule has 21 heavy (non-hydrogen) atoms. The van der Waals surface area contributed by atoms with Gasteiger partial charge in [-0.25, -0.2) is 0 Å². The Morgan fingerprint density at radius 3 is 0.810 bits per heavy atom. The summed E-state index contributed by atoms with van der Waals surface area (Å²) < 4.78 is 0.899. The lowest BCUT2D eigenvalue weighted by molar-refractivity contribution is 0.504. The topological polar surface area (TPSA) is 0 Å². The van der Waals surface area contributed by atoms with E-state index < -0.39 is 0 Å². The first-order valence-electron chi connectivity index (χ1n) is 10.1. The molecule has 0 heterocycles. The highest BCUT2D eigenvalue weighted by Crippen LogP contribution is 2.21. The maximum atomic E-state index is 3.10. The molecule has 0 unspecified atom stereocenters. The van der Waals surface area contributed by atoms with Gasteiger partial charge in [-0.15, -0.1) is 4.78 Å². The number of rotatable bonds is 0. The maximum Gasteiger partial charge on any atom is 0.123 e. The van der Waals surface area contributed by atoms with Crippen molar-refractivity contribution in [2.75, 3.05) is 0 Å². The molecule has 1 aliphatic rings. The van der Waals surface area contributed by atoms with Crippen LogP contribution < -0.4 is 0 Å². The molecule has 1 aliphatic carbocycles. The Balaban J connectivity index is 0. The van der Waals surface area contributed by atoms with Gasteiger partial charge in [-0.3, -0.25) is 0 Å². The van der Waals surface area contributed by atoms with Gasteiger partial charge < -0.3 is 0 Å². The number of hydrogen-bond donors (Lipinski definition) is 0. The molecule has 0 nitrogen and oxygen atoms in total. The van der Waals surface area contributed by atoms with Crippen LogP contribution >= 0.6 is 0 Å². The van der Waals surface area contributed by atoms with Crippen LogP contribution in [0.5, 0.6) is 0 Å². The minimum absolute atomic E-state index is 0. The standard InChI is InChI=1S/C20H39.Al.2H2/c1-2-4-6-8-10-12-14-16-18-20-19-17-15-13-11-9-7-5-3-1;;;/h1H,2-20H2;;2*1H. The van der Waals surface area contributed by atoms with E-state index in [1.807, 2.05) is 0 Å². The van der Waals surface area contributed by atoms with Gasteiger partial charge in [-0.2, -0.15) is 0 Å². The summed E-state index contributed by atoms with van der Waals surface area (Å²) in [4.78, 5) is 0. The van der Waals surface area contributed by atoms with E-state index in [0.29, 0.717) is 0 Å². The Morgan fingerprint density at radius 1 is 0.381 bits per heavy atom. The largest absolute Gasteiger partial charge is 0.123 e. The quantitative estimate of drug-likeness (QED) is 0.399. The van der Waals surface area contributed by atoms with Crippen molar-refractivity contribution >= 4 is 16.3 Å². The van der Waals surface area contributed by atoms with Gasteiger partial charge in [0.25, 0.3) is 0 Å². The first-order chi connectivity index (χ1) is 10.4. The van der Waals surface area contributed by atoms with Crippen LogP contribution in [-0.4, -0.2) is 16.3 Å². The SMILES string of the molecule is [Al][CH]1CCCCCCCCCCCCCCCCCCC1.[HH].[HH]. The predicted octanol–water partition coefficient (Wildman–Crippen LogP) is 7.86. The highest BCUT2D eigenvalue weighted by atomic mass is 27.0. The van der Waals surface area contributed by atoms with Crippen LogP contribution in [0.3, 0.4) is 0 Å². The van der Waals surface area contributed by atoms with Crippen molar-refractivity contribution in [3.8, 4) is 0 Å². The first kappa shape index (κ1) is 19.6. The van der Waals surface area contributed by atoms with E-state index in [2.05, 4.69) is 16.3 Å². The molecule has 1 fully saturated rings. The molecule has 2 radical (unpaired) electrons. The lowest BCUT2D eigenvalue weighted by Crippen LogP contribution is -1.94. The summed E-state index contributed by atoms with van der Waals surface area (Å²) >= 11 is 3.10. The molecule has 0 aromatic heterocycles. The minimum Gasteiger partial charge on any atom is -0.107 e. The molecule has 0 N–H and O–H groups in total. The molecule has 0 spiro atoms. The van der Waals surface area contributed by atoms with Crippen molar-refractivity contribution in [3.63, 3.8) is 0 Å². The number of hydrogen-bond acceptors (Lipinski definition) is 0. The zero-order valence-electron chi connectivity index (χ0n) is 14.6. The molecule has 1 saturated carbocycles. The van der Waals surface area contributed by atoms with Gasteiger partial charge in [0.1, 0.15) is 16.3 Å². The smallest absolute Gasteiger partial charge is 0.107 e. The summed E-state index contributed by atoms with van der Waals surface area (Å²) in [5.41, 5.74) is 0. The molecule has 0 bridgehead atoms. The van der Waals surface area contributed by atoms with Crippen molar-refractivity contribution in [1.82, 2.24) is 0 Å². The second kappa shape index (κ2) is 15.4. The van der Waals surface area contributed by atoms with Crippen molar-refractivity contribution in [2.45, 2.75) is 127 Å². The summed E-state index contributed by atoms with van der Waals surface area (Å²) in [6, 6.07) is 0. The molecule has 0 aromatic rings. The lowest BCUT2D eigenvalue weighted by atomic mass is 10.0. The summed E-state index contributed by atoms with van der Waals surface area (Å²) in [6.45, 7) is 0.